The van der Waals surface area contributed by atoms with E-state index in [-0.39, 0.29) is 0 Å². The fraction of sp³-hybridized carbons (Fsp3) is 0.400. The molecule has 0 fully saturated rings. The van der Waals surface area contributed by atoms with Crippen molar-refractivity contribution in [2.45, 2.75) is 26.7 Å². The smallest absolute Gasteiger partial charge is 0.526 e. The van der Waals surface area contributed by atoms with Gasteiger partial charge >= 0.3 is 7.69 Å². The molecule has 68 valence electrons. The third-order valence-corrected chi connectivity index (χ3v) is 2.40. The summed E-state index contributed by atoms with van der Waals surface area (Å²) in [5, 5.41) is 0. The van der Waals surface area contributed by atoms with Crippen LogP contribution in [0.25, 0.3) is 0 Å². The van der Waals surface area contributed by atoms with Crippen LogP contribution >= 0.6 is 0 Å². The molecular formula is C10H13BO2. The molecule has 1 aromatic carbocycles. The zero-order chi connectivity index (χ0) is 9.26. The maximum Gasteiger partial charge on any atom is 0.576 e. The summed E-state index contributed by atoms with van der Waals surface area (Å²) in [7, 11) is 0.371. The van der Waals surface area contributed by atoms with Gasteiger partial charge in [0.1, 0.15) is 11.5 Å². The fourth-order valence-electron chi connectivity index (χ4n) is 1.61. The molecule has 0 saturated heterocycles. The minimum atomic E-state index is 0.371. The van der Waals surface area contributed by atoms with Gasteiger partial charge in [-0.25, -0.2) is 0 Å². The maximum atomic E-state index is 5.40. The Morgan fingerprint density at radius 3 is 2.69 bits per heavy atom. The summed E-state index contributed by atoms with van der Waals surface area (Å²) in [4.78, 5) is 0. The summed E-state index contributed by atoms with van der Waals surface area (Å²) in [6.07, 6.45) is 2.04. The van der Waals surface area contributed by atoms with Gasteiger partial charge in [0.2, 0.25) is 0 Å². The third kappa shape index (κ3) is 1.39. The van der Waals surface area contributed by atoms with Crippen molar-refractivity contribution in [2.75, 3.05) is 0 Å². The second-order valence-corrected chi connectivity index (χ2v) is 3.20. The van der Waals surface area contributed by atoms with Crippen LogP contribution in [-0.2, 0) is 12.8 Å². The quantitative estimate of drug-likeness (QED) is 0.640. The highest BCUT2D eigenvalue weighted by molar-refractivity contribution is 6.23. The van der Waals surface area contributed by atoms with E-state index in [9.17, 15) is 0 Å². The molecule has 0 bridgehead atoms. The van der Waals surface area contributed by atoms with Crippen LogP contribution in [-0.4, -0.2) is 7.69 Å². The van der Waals surface area contributed by atoms with Gasteiger partial charge in [0.15, 0.2) is 0 Å². The Morgan fingerprint density at radius 2 is 2.00 bits per heavy atom. The van der Waals surface area contributed by atoms with Gasteiger partial charge < -0.3 is 9.31 Å². The van der Waals surface area contributed by atoms with E-state index in [1.807, 2.05) is 0 Å². The SMILES string of the molecule is CCc1cc(CC)c2c(c1)OBO2. The van der Waals surface area contributed by atoms with Crippen molar-refractivity contribution in [3.05, 3.63) is 23.3 Å². The first-order valence-electron chi connectivity index (χ1n) is 4.76. The summed E-state index contributed by atoms with van der Waals surface area (Å²) in [5.41, 5.74) is 2.58. The second-order valence-electron chi connectivity index (χ2n) is 3.20. The summed E-state index contributed by atoms with van der Waals surface area (Å²) >= 11 is 0. The molecule has 0 N–H and O–H groups in total. The van der Waals surface area contributed by atoms with Crippen molar-refractivity contribution in [3.8, 4) is 11.5 Å². The van der Waals surface area contributed by atoms with E-state index >= 15 is 0 Å². The molecule has 2 rings (SSSR count). The number of hydrogen-bond acceptors (Lipinski definition) is 2. The van der Waals surface area contributed by atoms with Gasteiger partial charge in [0, 0.05) is 0 Å². The summed E-state index contributed by atoms with van der Waals surface area (Å²) in [6, 6.07) is 4.27. The third-order valence-electron chi connectivity index (χ3n) is 2.40. The standard InChI is InChI=1S/C10H13BO2/c1-3-7-5-8(4-2)10-9(6-7)12-11-13-10/h5-6,11H,3-4H2,1-2H3. The highest BCUT2D eigenvalue weighted by Gasteiger charge is 2.19. The first-order valence-corrected chi connectivity index (χ1v) is 4.76. The van der Waals surface area contributed by atoms with Crippen molar-refractivity contribution in [2.24, 2.45) is 0 Å². The average molecular weight is 176 g/mol. The van der Waals surface area contributed by atoms with Crippen LogP contribution in [0.5, 0.6) is 11.5 Å². The molecule has 0 spiro atoms. The molecular weight excluding hydrogens is 163 g/mol. The minimum Gasteiger partial charge on any atom is -0.526 e. The molecule has 2 nitrogen and oxygen atoms in total. The van der Waals surface area contributed by atoms with E-state index in [0.29, 0.717) is 7.69 Å². The summed E-state index contributed by atoms with van der Waals surface area (Å²) < 4.78 is 10.8. The molecule has 0 amide bonds. The van der Waals surface area contributed by atoms with Gasteiger partial charge in [-0.2, -0.15) is 0 Å². The van der Waals surface area contributed by atoms with Crippen molar-refractivity contribution in [1.82, 2.24) is 0 Å². The number of fused-ring (bicyclic) bond motifs is 1. The molecule has 0 aromatic heterocycles. The number of hydrogen-bond donors (Lipinski definition) is 0. The maximum absolute atomic E-state index is 5.40. The Hall–Kier alpha value is -1.12. The Labute approximate surface area is 79.2 Å². The molecule has 1 aliphatic heterocycles. The Morgan fingerprint density at radius 1 is 1.15 bits per heavy atom. The molecule has 1 aromatic rings. The van der Waals surface area contributed by atoms with Gasteiger partial charge in [-0.1, -0.05) is 19.9 Å². The zero-order valence-electron chi connectivity index (χ0n) is 8.09. The van der Waals surface area contributed by atoms with Crippen molar-refractivity contribution >= 4 is 7.69 Å². The van der Waals surface area contributed by atoms with E-state index in [1.54, 1.807) is 0 Å². The number of aryl methyl sites for hydroxylation is 2. The van der Waals surface area contributed by atoms with Crippen LogP contribution in [0.3, 0.4) is 0 Å². The van der Waals surface area contributed by atoms with Gasteiger partial charge in [0.25, 0.3) is 0 Å². The predicted molar refractivity (Wildman–Crippen MR) is 53.6 cm³/mol. The van der Waals surface area contributed by atoms with Gasteiger partial charge in [-0.15, -0.1) is 0 Å². The molecule has 13 heavy (non-hydrogen) atoms. The summed E-state index contributed by atoms with van der Waals surface area (Å²) in [5.74, 6) is 1.86. The van der Waals surface area contributed by atoms with E-state index < -0.39 is 0 Å². The second kappa shape index (κ2) is 3.33. The van der Waals surface area contributed by atoms with E-state index in [4.69, 9.17) is 9.31 Å². The molecule has 0 aliphatic carbocycles. The minimum absolute atomic E-state index is 0.371. The molecule has 0 atom stereocenters. The van der Waals surface area contributed by atoms with Crippen LogP contribution in [0, 0.1) is 0 Å². The number of rotatable bonds is 2. The van der Waals surface area contributed by atoms with E-state index in [1.165, 1.54) is 11.1 Å². The largest absolute Gasteiger partial charge is 0.576 e. The molecule has 1 aliphatic rings. The predicted octanol–water partition coefficient (Wildman–Crippen LogP) is 1.85. The highest BCUT2D eigenvalue weighted by atomic mass is 16.6. The van der Waals surface area contributed by atoms with E-state index in [2.05, 4.69) is 26.0 Å². The Bertz CT molecular complexity index is 323. The topological polar surface area (TPSA) is 18.5 Å². The molecule has 0 unspecified atom stereocenters. The molecule has 3 heteroatoms. The summed E-state index contributed by atoms with van der Waals surface area (Å²) in [6.45, 7) is 4.29. The average Bonchev–Trinajstić information content (AvgIpc) is 2.63. The van der Waals surface area contributed by atoms with Crippen molar-refractivity contribution in [1.29, 1.82) is 0 Å². The van der Waals surface area contributed by atoms with Gasteiger partial charge in [-0.3, -0.25) is 0 Å². The van der Waals surface area contributed by atoms with Crippen LogP contribution in [0.15, 0.2) is 12.1 Å². The molecule has 0 radical (unpaired) electrons. The van der Waals surface area contributed by atoms with Gasteiger partial charge in [0.05, 0.1) is 0 Å². The van der Waals surface area contributed by atoms with Crippen LogP contribution < -0.4 is 9.31 Å². The normalized spacial score (nSPS) is 12.8. The Kier molecular flexibility index (Phi) is 2.17. The lowest BCUT2D eigenvalue weighted by molar-refractivity contribution is 0.539. The lowest BCUT2D eigenvalue weighted by Gasteiger charge is -2.07. The van der Waals surface area contributed by atoms with Crippen molar-refractivity contribution < 1.29 is 9.31 Å². The van der Waals surface area contributed by atoms with Crippen LogP contribution in [0.4, 0.5) is 0 Å². The van der Waals surface area contributed by atoms with Crippen LogP contribution in [0.2, 0.25) is 0 Å². The zero-order valence-corrected chi connectivity index (χ0v) is 8.09. The van der Waals surface area contributed by atoms with Crippen LogP contribution in [0.1, 0.15) is 25.0 Å². The highest BCUT2D eigenvalue weighted by Crippen LogP contribution is 2.36. The number of benzene rings is 1. The molecule has 1 heterocycles. The Balaban J connectivity index is 2.49. The van der Waals surface area contributed by atoms with E-state index in [0.717, 1.165) is 24.3 Å². The first-order chi connectivity index (χ1) is 6.35. The fourth-order valence-corrected chi connectivity index (χ4v) is 1.61. The lowest BCUT2D eigenvalue weighted by atomic mass is 10.1. The van der Waals surface area contributed by atoms with Gasteiger partial charge in [-0.05, 0) is 30.0 Å². The van der Waals surface area contributed by atoms with Crippen molar-refractivity contribution in [3.63, 3.8) is 0 Å². The first kappa shape index (κ1) is 8.48. The lowest BCUT2D eigenvalue weighted by Crippen LogP contribution is -2.00. The monoisotopic (exact) mass is 176 g/mol. The molecule has 0 saturated carbocycles.